The summed E-state index contributed by atoms with van der Waals surface area (Å²) in [6.45, 7) is 3.97. The van der Waals surface area contributed by atoms with E-state index in [9.17, 15) is 9.59 Å². The van der Waals surface area contributed by atoms with Crippen LogP contribution in [0.25, 0.3) is 0 Å². The summed E-state index contributed by atoms with van der Waals surface area (Å²) in [7, 11) is 0. The molecule has 0 radical (unpaired) electrons. The van der Waals surface area contributed by atoms with Crippen LogP contribution in [0.2, 0.25) is 0 Å². The number of ether oxygens (including phenoxy) is 2. The van der Waals surface area contributed by atoms with Gasteiger partial charge in [0.15, 0.2) is 5.41 Å². The van der Waals surface area contributed by atoms with Crippen LogP contribution in [-0.2, 0) is 44.7 Å². The van der Waals surface area contributed by atoms with Gasteiger partial charge in [-0.2, -0.15) is 0 Å². The van der Waals surface area contributed by atoms with E-state index in [1.165, 1.54) is 11.1 Å². The maximum absolute atomic E-state index is 13.2. The van der Waals surface area contributed by atoms with Gasteiger partial charge < -0.3 is 9.47 Å². The topological polar surface area (TPSA) is 52.6 Å². The monoisotopic (exact) mass is 394 g/mol. The van der Waals surface area contributed by atoms with Crippen LogP contribution < -0.4 is 0 Å². The highest BCUT2D eigenvalue weighted by molar-refractivity contribution is 6.00. The second kappa shape index (κ2) is 9.73. The first kappa shape index (κ1) is 21.1. The molecule has 0 aromatic heterocycles. The van der Waals surface area contributed by atoms with Gasteiger partial charge in [-0.05, 0) is 74.6 Å². The minimum atomic E-state index is -1.39. The van der Waals surface area contributed by atoms with Crippen molar-refractivity contribution in [3.8, 4) is 0 Å². The molecule has 3 rings (SSSR count). The van der Waals surface area contributed by atoms with Crippen molar-refractivity contribution < 1.29 is 19.1 Å². The van der Waals surface area contributed by atoms with E-state index >= 15 is 0 Å². The molecule has 0 spiro atoms. The third kappa shape index (κ3) is 5.06. The van der Waals surface area contributed by atoms with Crippen molar-refractivity contribution in [3.63, 3.8) is 0 Å². The summed E-state index contributed by atoms with van der Waals surface area (Å²) < 4.78 is 10.8. The van der Waals surface area contributed by atoms with Gasteiger partial charge in [0.1, 0.15) is 0 Å². The highest BCUT2D eigenvalue weighted by Gasteiger charge is 2.49. The number of benzene rings is 2. The average Bonchev–Trinajstić information content (AvgIpc) is 2.71. The summed E-state index contributed by atoms with van der Waals surface area (Å²) in [5.41, 5.74) is 2.99. The van der Waals surface area contributed by atoms with Gasteiger partial charge in [0.2, 0.25) is 0 Å². The van der Waals surface area contributed by atoms with E-state index in [1.807, 2.05) is 24.3 Å². The molecule has 4 heteroatoms. The molecule has 0 unspecified atom stereocenters. The molecule has 29 heavy (non-hydrogen) atoms. The normalized spacial score (nSPS) is 15.9. The number of hydrogen-bond acceptors (Lipinski definition) is 4. The van der Waals surface area contributed by atoms with Gasteiger partial charge in [-0.25, -0.2) is 0 Å². The third-order valence-electron chi connectivity index (χ3n) is 5.51. The molecule has 0 fully saturated rings. The summed E-state index contributed by atoms with van der Waals surface area (Å²) in [5, 5.41) is 0. The number of fused-ring (bicyclic) bond motifs is 4. The van der Waals surface area contributed by atoms with Crippen molar-refractivity contribution in [2.75, 3.05) is 13.2 Å². The van der Waals surface area contributed by atoms with E-state index in [0.29, 0.717) is 0 Å². The average molecular weight is 395 g/mol. The van der Waals surface area contributed by atoms with E-state index in [-0.39, 0.29) is 26.1 Å². The van der Waals surface area contributed by atoms with Crippen LogP contribution in [0, 0.1) is 5.41 Å². The predicted octanol–water partition coefficient (Wildman–Crippen LogP) is 4.46. The third-order valence-corrected chi connectivity index (χ3v) is 5.51. The van der Waals surface area contributed by atoms with Crippen molar-refractivity contribution >= 4 is 11.9 Å². The summed E-state index contributed by atoms with van der Waals surface area (Å²) in [5.74, 6) is -1.02. The minimum Gasteiger partial charge on any atom is -0.465 e. The lowest BCUT2D eigenvalue weighted by atomic mass is 9.76. The van der Waals surface area contributed by atoms with Crippen molar-refractivity contribution in [2.45, 2.75) is 52.4 Å². The Morgan fingerprint density at radius 2 is 1.17 bits per heavy atom. The Bertz CT molecular complexity index is 784. The van der Waals surface area contributed by atoms with Crippen molar-refractivity contribution in [1.82, 2.24) is 0 Å². The lowest BCUT2D eigenvalue weighted by molar-refractivity contribution is -0.172. The summed E-state index contributed by atoms with van der Waals surface area (Å²) in [6.07, 6.45) is 4.72. The quantitative estimate of drug-likeness (QED) is 0.567. The summed E-state index contributed by atoms with van der Waals surface area (Å²) in [6, 6.07) is 16.4. The zero-order valence-electron chi connectivity index (χ0n) is 17.4. The zero-order chi connectivity index (χ0) is 20.7. The number of carbonyl (C=O) groups is 2. The van der Waals surface area contributed by atoms with Crippen LogP contribution in [-0.4, -0.2) is 25.2 Å². The predicted molar refractivity (Wildman–Crippen MR) is 113 cm³/mol. The van der Waals surface area contributed by atoms with Crippen LogP contribution in [0.3, 0.4) is 0 Å². The Labute approximate surface area is 173 Å². The van der Waals surface area contributed by atoms with Crippen LogP contribution >= 0.6 is 0 Å². The molecule has 2 aromatic rings. The zero-order valence-corrected chi connectivity index (χ0v) is 17.4. The molecule has 0 saturated heterocycles. The fourth-order valence-electron chi connectivity index (χ4n) is 4.12. The molecule has 1 aliphatic carbocycles. The van der Waals surface area contributed by atoms with E-state index in [1.54, 1.807) is 13.8 Å². The number of esters is 2. The molecule has 0 N–H and O–H groups in total. The number of aryl methyl sites for hydroxylation is 2. The lowest BCUT2D eigenvalue weighted by Gasteiger charge is -2.30. The van der Waals surface area contributed by atoms with Crippen LogP contribution in [0.15, 0.2) is 48.5 Å². The molecule has 0 atom stereocenters. The fourth-order valence-corrected chi connectivity index (χ4v) is 4.12. The molecular formula is C25H30O4. The highest BCUT2D eigenvalue weighted by atomic mass is 16.6. The molecule has 0 heterocycles. The van der Waals surface area contributed by atoms with Crippen molar-refractivity contribution in [3.05, 3.63) is 70.8 Å². The largest absolute Gasteiger partial charge is 0.465 e. The maximum Gasteiger partial charge on any atom is 0.324 e. The molecule has 0 saturated carbocycles. The summed E-state index contributed by atoms with van der Waals surface area (Å²) >= 11 is 0. The Morgan fingerprint density at radius 3 is 1.59 bits per heavy atom. The molecule has 1 aliphatic rings. The van der Waals surface area contributed by atoms with Crippen molar-refractivity contribution in [1.29, 1.82) is 0 Å². The number of hydrogen-bond donors (Lipinski definition) is 0. The second-order valence-electron chi connectivity index (χ2n) is 7.72. The van der Waals surface area contributed by atoms with Gasteiger partial charge in [-0.1, -0.05) is 48.5 Å². The smallest absolute Gasteiger partial charge is 0.324 e. The standard InChI is InChI=1S/C25H30O4/c1-3-28-23(26)25(24(27)29-4-2)17-21-13-7-11-19(15-21)9-5-6-10-20-12-8-14-22(16-20)18-25/h7-8,11-16H,3-6,9-10,17-18H2,1-2H3. The van der Waals surface area contributed by atoms with Gasteiger partial charge >= 0.3 is 11.9 Å². The van der Waals surface area contributed by atoms with Crippen molar-refractivity contribution in [2.24, 2.45) is 5.41 Å². The molecule has 0 aliphatic heterocycles. The fraction of sp³-hybridized carbons (Fsp3) is 0.440. The van der Waals surface area contributed by atoms with Crippen LogP contribution in [0.4, 0.5) is 0 Å². The molecule has 0 amide bonds. The van der Waals surface area contributed by atoms with Gasteiger partial charge in [0.05, 0.1) is 13.2 Å². The van der Waals surface area contributed by atoms with Gasteiger partial charge in [-0.15, -0.1) is 0 Å². The second-order valence-corrected chi connectivity index (χ2v) is 7.72. The molecule has 154 valence electrons. The van der Waals surface area contributed by atoms with Gasteiger partial charge in [-0.3, -0.25) is 9.59 Å². The molecule has 2 aromatic carbocycles. The highest BCUT2D eigenvalue weighted by Crippen LogP contribution is 2.33. The number of carbonyl (C=O) groups excluding carboxylic acids is 2. The SMILES string of the molecule is CCOC(=O)C1(C(=O)OCC)Cc2cccc(c2)CCCCc2cccc(c2)C1. The Morgan fingerprint density at radius 1 is 0.759 bits per heavy atom. The lowest BCUT2D eigenvalue weighted by Crippen LogP contribution is -2.46. The van der Waals surface area contributed by atoms with E-state index in [2.05, 4.69) is 24.3 Å². The molecule has 4 bridgehead atoms. The van der Waals surface area contributed by atoms with E-state index in [4.69, 9.17) is 9.47 Å². The van der Waals surface area contributed by atoms with E-state index in [0.717, 1.165) is 36.8 Å². The maximum atomic E-state index is 13.2. The first-order valence-electron chi connectivity index (χ1n) is 10.6. The first-order valence-corrected chi connectivity index (χ1v) is 10.6. The van der Waals surface area contributed by atoms with Crippen LogP contribution in [0.1, 0.15) is 48.9 Å². The van der Waals surface area contributed by atoms with Gasteiger partial charge in [0.25, 0.3) is 0 Å². The van der Waals surface area contributed by atoms with Crippen LogP contribution in [0.5, 0.6) is 0 Å². The van der Waals surface area contributed by atoms with E-state index < -0.39 is 17.4 Å². The number of rotatable bonds is 4. The molecule has 4 nitrogen and oxygen atoms in total. The Kier molecular flexibility index (Phi) is 7.08. The Hall–Kier alpha value is -2.62. The molecular weight excluding hydrogens is 364 g/mol. The summed E-state index contributed by atoms with van der Waals surface area (Å²) in [4.78, 5) is 26.4. The Balaban J connectivity index is 2.12. The minimum absolute atomic E-state index is 0.222. The van der Waals surface area contributed by atoms with Gasteiger partial charge in [0, 0.05) is 0 Å². The first-order chi connectivity index (χ1) is 14.1.